The molecule has 28 heavy (non-hydrogen) atoms. The third kappa shape index (κ3) is 4.12. The van der Waals surface area contributed by atoms with Gasteiger partial charge >= 0.3 is 0 Å². The molecule has 144 valence electrons. The van der Waals surface area contributed by atoms with Gasteiger partial charge in [0.1, 0.15) is 17.1 Å². The molecular formula is C20H21N5O2S. The molecule has 1 saturated heterocycles. The molecule has 1 N–H and O–H groups in total. The molecule has 0 spiro atoms. The molecule has 2 aromatic heterocycles. The van der Waals surface area contributed by atoms with Gasteiger partial charge < -0.3 is 15.0 Å². The zero-order valence-electron chi connectivity index (χ0n) is 15.5. The van der Waals surface area contributed by atoms with E-state index in [2.05, 4.69) is 15.5 Å². The number of pyridine rings is 1. The van der Waals surface area contributed by atoms with Gasteiger partial charge in [0.05, 0.1) is 25.3 Å². The van der Waals surface area contributed by atoms with Crippen LogP contribution in [0.3, 0.4) is 0 Å². The topological polar surface area (TPSA) is 80.2 Å². The molecule has 1 aromatic carbocycles. The molecular weight excluding hydrogens is 374 g/mol. The van der Waals surface area contributed by atoms with Crippen LogP contribution in [0.1, 0.15) is 30.1 Å². The highest BCUT2D eigenvalue weighted by molar-refractivity contribution is 7.13. The Kier molecular flexibility index (Phi) is 5.48. The number of likely N-dealkylation sites (tertiary alicyclic amines) is 1. The lowest BCUT2D eigenvalue weighted by molar-refractivity contribution is -0.131. The molecule has 1 amide bonds. The van der Waals surface area contributed by atoms with Gasteiger partial charge in [0.25, 0.3) is 0 Å². The molecule has 0 radical (unpaired) electrons. The Morgan fingerprint density at radius 3 is 3.04 bits per heavy atom. The molecule has 0 unspecified atom stereocenters. The summed E-state index contributed by atoms with van der Waals surface area (Å²) >= 11 is 1.42. The fourth-order valence-electron chi connectivity index (χ4n) is 3.48. The van der Waals surface area contributed by atoms with Crippen LogP contribution in [0.15, 0.2) is 48.0 Å². The lowest BCUT2D eigenvalue weighted by atomic mass is 10.1. The van der Waals surface area contributed by atoms with Crippen LogP contribution < -0.4 is 10.1 Å². The lowest BCUT2D eigenvalue weighted by Crippen LogP contribution is -2.32. The maximum Gasteiger partial charge on any atom is 0.227 e. The number of benzene rings is 1. The van der Waals surface area contributed by atoms with E-state index in [1.54, 1.807) is 12.6 Å². The van der Waals surface area contributed by atoms with Crippen LogP contribution in [0.4, 0.5) is 10.9 Å². The molecule has 7 nitrogen and oxygen atoms in total. The fourth-order valence-corrected chi connectivity index (χ4v) is 3.93. The molecule has 1 fully saturated rings. The van der Waals surface area contributed by atoms with Gasteiger partial charge in [-0.05, 0) is 42.7 Å². The molecule has 0 bridgehead atoms. The van der Waals surface area contributed by atoms with Crippen molar-refractivity contribution in [3.8, 4) is 5.75 Å². The maximum absolute atomic E-state index is 13.0. The number of nitrogens with one attached hydrogen (secondary N) is 1. The predicted octanol–water partition coefficient (Wildman–Crippen LogP) is 3.59. The van der Waals surface area contributed by atoms with Gasteiger partial charge in [-0.3, -0.25) is 4.79 Å². The largest absolute Gasteiger partial charge is 0.497 e. The number of amides is 1. The summed E-state index contributed by atoms with van der Waals surface area (Å²) in [5, 5.41) is 11.7. The van der Waals surface area contributed by atoms with E-state index in [0.29, 0.717) is 17.4 Å². The quantitative estimate of drug-likeness (QED) is 0.687. The first kappa shape index (κ1) is 18.4. The average Bonchev–Trinajstić information content (AvgIpc) is 3.40. The van der Waals surface area contributed by atoms with E-state index in [-0.39, 0.29) is 11.9 Å². The summed E-state index contributed by atoms with van der Waals surface area (Å²) in [4.78, 5) is 19.6. The van der Waals surface area contributed by atoms with Gasteiger partial charge in [-0.2, -0.15) is 0 Å². The van der Waals surface area contributed by atoms with E-state index < -0.39 is 0 Å². The van der Waals surface area contributed by atoms with Crippen LogP contribution >= 0.6 is 11.3 Å². The van der Waals surface area contributed by atoms with E-state index in [4.69, 9.17) is 9.72 Å². The van der Waals surface area contributed by atoms with Crippen LogP contribution in [-0.2, 0) is 11.2 Å². The van der Waals surface area contributed by atoms with Crippen LogP contribution in [0.25, 0.3) is 0 Å². The predicted molar refractivity (Wildman–Crippen MR) is 108 cm³/mol. The van der Waals surface area contributed by atoms with Gasteiger partial charge in [0.15, 0.2) is 0 Å². The molecule has 3 heterocycles. The molecule has 1 atom stereocenters. The number of carbonyl (C=O) groups excluding carboxylic acids is 1. The van der Waals surface area contributed by atoms with Crippen LogP contribution in [0, 0.1) is 0 Å². The second-order valence-electron chi connectivity index (χ2n) is 6.59. The van der Waals surface area contributed by atoms with Gasteiger partial charge in [-0.25, -0.2) is 4.98 Å². The van der Waals surface area contributed by atoms with Gasteiger partial charge in [0.2, 0.25) is 11.0 Å². The Hall–Kier alpha value is -3.00. The highest BCUT2D eigenvalue weighted by Gasteiger charge is 2.31. The zero-order valence-corrected chi connectivity index (χ0v) is 16.4. The standard InChI is InChI=1S/C20H21N5O2S/c1-27-15-6-2-5-14(11-15)12-19(26)25-10-4-8-17(25)16-7-3-9-18(22-16)23-20-24-21-13-28-20/h2-3,5-7,9,11,13,17H,4,8,10,12H2,1H3,(H,22,23,24)/t17-/m0/s1. The van der Waals surface area contributed by atoms with Crippen molar-refractivity contribution in [2.24, 2.45) is 0 Å². The number of hydrogen-bond donors (Lipinski definition) is 1. The van der Waals surface area contributed by atoms with Gasteiger partial charge in [0, 0.05) is 6.54 Å². The maximum atomic E-state index is 13.0. The van der Waals surface area contributed by atoms with Crippen LogP contribution in [0.2, 0.25) is 0 Å². The Morgan fingerprint density at radius 1 is 1.32 bits per heavy atom. The number of nitrogens with zero attached hydrogens (tertiary/aromatic N) is 4. The molecule has 1 aliphatic heterocycles. The number of aromatic nitrogens is 3. The highest BCUT2D eigenvalue weighted by Crippen LogP contribution is 2.32. The van der Waals surface area contributed by atoms with Crippen molar-refractivity contribution in [1.82, 2.24) is 20.1 Å². The van der Waals surface area contributed by atoms with E-state index in [9.17, 15) is 4.79 Å². The summed E-state index contributed by atoms with van der Waals surface area (Å²) in [6, 6.07) is 13.5. The van der Waals surface area contributed by atoms with Gasteiger partial charge in [-0.1, -0.05) is 29.5 Å². The van der Waals surface area contributed by atoms with Crippen LogP contribution in [-0.4, -0.2) is 39.6 Å². The third-order valence-corrected chi connectivity index (χ3v) is 5.38. The Bertz CT molecular complexity index is 947. The summed E-state index contributed by atoms with van der Waals surface area (Å²) in [6.45, 7) is 0.753. The van der Waals surface area contributed by atoms with Crippen molar-refractivity contribution in [3.63, 3.8) is 0 Å². The molecule has 0 saturated carbocycles. The van der Waals surface area contributed by atoms with Crippen LogP contribution in [0.5, 0.6) is 5.75 Å². The number of anilines is 2. The van der Waals surface area contributed by atoms with E-state index in [0.717, 1.165) is 36.4 Å². The second kappa shape index (κ2) is 8.35. The number of carbonyl (C=O) groups is 1. The first-order valence-corrected chi connectivity index (χ1v) is 10.0. The number of methoxy groups -OCH3 is 1. The Morgan fingerprint density at radius 2 is 2.21 bits per heavy atom. The third-order valence-electron chi connectivity index (χ3n) is 4.77. The van der Waals surface area contributed by atoms with Crippen molar-refractivity contribution in [3.05, 3.63) is 59.2 Å². The fraction of sp³-hybridized carbons (Fsp3) is 0.300. The zero-order chi connectivity index (χ0) is 19.3. The van der Waals surface area contributed by atoms with Crippen molar-refractivity contribution in [2.45, 2.75) is 25.3 Å². The SMILES string of the molecule is COc1cccc(CC(=O)N2CCC[C@H]2c2cccc(Nc3nncs3)n2)c1. The summed E-state index contributed by atoms with van der Waals surface area (Å²) in [7, 11) is 1.63. The minimum Gasteiger partial charge on any atom is -0.497 e. The van der Waals surface area contributed by atoms with E-state index >= 15 is 0 Å². The van der Waals surface area contributed by atoms with E-state index in [1.165, 1.54) is 11.3 Å². The minimum atomic E-state index is -0.00530. The first-order valence-electron chi connectivity index (χ1n) is 9.15. The molecule has 4 rings (SSSR count). The molecule has 0 aliphatic carbocycles. The molecule has 3 aromatic rings. The van der Waals surface area contributed by atoms with Crippen molar-refractivity contribution >= 4 is 28.2 Å². The number of rotatable bonds is 6. The summed E-state index contributed by atoms with van der Waals surface area (Å²) in [5.74, 6) is 1.58. The smallest absolute Gasteiger partial charge is 0.227 e. The van der Waals surface area contributed by atoms with E-state index in [1.807, 2.05) is 47.4 Å². The monoisotopic (exact) mass is 395 g/mol. The number of ether oxygens (including phenoxy) is 1. The summed E-state index contributed by atoms with van der Waals surface area (Å²) in [5.41, 5.74) is 3.52. The normalized spacial score (nSPS) is 16.2. The summed E-state index contributed by atoms with van der Waals surface area (Å²) in [6.07, 6.45) is 2.25. The van der Waals surface area contributed by atoms with Gasteiger partial charge in [-0.15, -0.1) is 10.2 Å². The Balaban J connectivity index is 1.49. The number of hydrogen-bond acceptors (Lipinski definition) is 7. The summed E-state index contributed by atoms with van der Waals surface area (Å²) < 4.78 is 5.26. The Labute approximate surface area is 167 Å². The van der Waals surface area contributed by atoms with Crippen molar-refractivity contribution < 1.29 is 9.53 Å². The second-order valence-corrected chi connectivity index (χ2v) is 7.42. The average molecular weight is 395 g/mol. The van der Waals surface area contributed by atoms with Crippen molar-refractivity contribution in [2.75, 3.05) is 19.0 Å². The first-order chi connectivity index (χ1) is 13.7. The molecule has 8 heteroatoms. The van der Waals surface area contributed by atoms with Crippen molar-refractivity contribution in [1.29, 1.82) is 0 Å². The highest BCUT2D eigenvalue weighted by atomic mass is 32.1. The molecule has 1 aliphatic rings. The lowest BCUT2D eigenvalue weighted by Gasteiger charge is -2.25. The minimum absolute atomic E-state index is 0.00530.